The van der Waals surface area contributed by atoms with Crippen molar-refractivity contribution in [2.24, 2.45) is 0 Å². The molecular weight excluding hydrogens is 336 g/mol. The first kappa shape index (κ1) is 19.0. The Morgan fingerprint density at radius 2 is 1.68 bits per heavy atom. The van der Waals surface area contributed by atoms with E-state index in [1.807, 2.05) is 26.0 Å². The summed E-state index contributed by atoms with van der Waals surface area (Å²) in [7, 11) is -3.32. The normalized spacial score (nSPS) is 12.5. The average Bonchev–Trinajstić information content (AvgIpc) is 2.57. The zero-order valence-electron chi connectivity index (χ0n) is 15.0. The molecule has 0 aliphatic heterocycles. The number of benzene rings is 2. The molecule has 0 radical (unpaired) electrons. The van der Waals surface area contributed by atoms with Gasteiger partial charge < -0.3 is 5.32 Å². The molecule has 2 rings (SSSR count). The first-order valence-corrected chi connectivity index (χ1v) is 9.85. The van der Waals surface area contributed by atoms with E-state index in [0.29, 0.717) is 11.3 Å². The fraction of sp³-hybridized carbons (Fsp3) is 0.316. The number of nitrogens with one attached hydrogen (secondary N) is 2. The Hall–Kier alpha value is -2.34. The van der Waals surface area contributed by atoms with Crippen LogP contribution < -0.4 is 10.0 Å². The van der Waals surface area contributed by atoms with Gasteiger partial charge in [0, 0.05) is 11.3 Å². The van der Waals surface area contributed by atoms with Gasteiger partial charge in [-0.15, -0.1) is 0 Å². The highest BCUT2D eigenvalue weighted by Gasteiger charge is 2.13. The second-order valence-corrected chi connectivity index (χ2v) is 8.13. The average molecular weight is 360 g/mol. The molecule has 0 spiro atoms. The van der Waals surface area contributed by atoms with Gasteiger partial charge in [-0.1, -0.05) is 18.2 Å². The first-order valence-electron chi connectivity index (χ1n) is 8.20. The number of anilines is 1. The summed E-state index contributed by atoms with van der Waals surface area (Å²) in [6.45, 7) is 7.60. The lowest BCUT2D eigenvalue weighted by molar-refractivity contribution is 0.0940. The van der Waals surface area contributed by atoms with Crippen LogP contribution in [0.25, 0.3) is 0 Å². The molecule has 0 saturated carbocycles. The molecule has 0 unspecified atom stereocenters. The molecule has 2 N–H and O–H groups in total. The number of hydrogen-bond donors (Lipinski definition) is 2. The smallest absolute Gasteiger partial charge is 0.251 e. The Labute approximate surface area is 149 Å². The first-order chi connectivity index (χ1) is 11.7. The maximum atomic E-state index is 12.4. The van der Waals surface area contributed by atoms with E-state index in [1.54, 1.807) is 31.2 Å². The molecule has 0 aliphatic rings. The minimum Gasteiger partial charge on any atom is -0.346 e. The molecule has 0 aromatic heterocycles. The van der Waals surface area contributed by atoms with Crippen LogP contribution >= 0.6 is 0 Å². The molecular formula is C19H24N2O3S. The highest BCUT2D eigenvalue weighted by atomic mass is 32.2. The van der Waals surface area contributed by atoms with Crippen molar-refractivity contribution < 1.29 is 13.2 Å². The lowest BCUT2D eigenvalue weighted by Gasteiger charge is -2.16. The van der Waals surface area contributed by atoms with E-state index >= 15 is 0 Å². The minimum absolute atomic E-state index is 0.00270. The van der Waals surface area contributed by atoms with Crippen molar-refractivity contribution in [1.82, 2.24) is 5.32 Å². The van der Waals surface area contributed by atoms with Crippen molar-refractivity contribution in [3.63, 3.8) is 0 Å². The highest BCUT2D eigenvalue weighted by molar-refractivity contribution is 7.92. The van der Waals surface area contributed by atoms with Gasteiger partial charge in [-0.05, 0) is 68.7 Å². The molecule has 0 aliphatic carbocycles. The van der Waals surface area contributed by atoms with Gasteiger partial charge in [0.25, 0.3) is 5.91 Å². The second-order valence-electron chi connectivity index (χ2n) is 6.12. The van der Waals surface area contributed by atoms with Crippen LogP contribution in [-0.2, 0) is 10.0 Å². The van der Waals surface area contributed by atoms with E-state index in [1.165, 1.54) is 11.1 Å². The van der Waals surface area contributed by atoms with Gasteiger partial charge in [0.2, 0.25) is 10.0 Å². The Balaban J connectivity index is 2.06. The van der Waals surface area contributed by atoms with Crippen LogP contribution in [0.1, 0.15) is 46.9 Å². The van der Waals surface area contributed by atoms with Crippen LogP contribution in [-0.4, -0.2) is 20.1 Å². The molecule has 134 valence electrons. The molecule has 2 aromatic rings. The SMILES string of the molecule is CCS(=O)(=O)Nc1ccc(C(=O)N[C@H](C)c2ccc(C)c(C)c2)cc1. The summed E-state index contributed by atoms with van der Waals surface area (Å²) in [6.07, 6.45) is 0. The third-order valence-corrected chi connectivity index (χ3v) is 5.49. The van der Waals surface area contributed by atoms with E-state index in [2.05, 4.69) is 23.0 Å². The van der Waals surface area contributed by atoms with Crippen LogP contribution in [0.2, 0.25) is 0 Å². The fourth-order valence-corrected chi connectivity index (χ4v) is 2.98. The van der Waals surface area contributed by atoms with Gasteiger partial charge >= 0.3 is 0 Å². The molecule has 2 aromatic carbocycles. The summed E-state index contributed by atoms with van der Waals surface area (Å²) >= 11 is 0. The van der Waals surface area contributed by atoms with Gasteiger partial charge in [-0.3, -0.25) is 9.52 Å². The number of amides is 1. The van der Waals surface area contributed by atoms with Gasteiger partial charge in [0.1, 0.15) is 0 Å². The van der Waals surface area contributed by atoms with Crippen molar-refractivity contribution in [3.05, 3.63) is 64.7 Å². The summed E-state index contributed by atoms with van der Waals surface area (Å²) in [5.74, 6) is -0.196. The van der Waals surface area contributed by atoms with E-state index < -0.39 is 10.0 Å². The molecule has 25 heavy (non-hydrogen) atoms. The monoisotopic (exact) mass is 360 g/mol. The van der Waals surface area contributed by atoms with Gasteiger partial charge in [0.15, 0.2) is 0 Å². The van der Waals surface area contributed by atoms with E-state index in [-0.39, 0.29) is 17.7 Å². The molecule has 0 bridgehead atoms. The third kappa shape index (κ3) is 5.06. The summed E-state index contributed by atoms with van der Waals surface area (Å²) in [4.78, 5) is 12.4. The predicted octanol–water partition coefficient (Wildman–Crippen LogP) is 3.56. The number of rotatable bonds is 6. The summed E-state index contributed by atoms with van der Waals surface area (Å²) < 4.78 is 25.6. The van der Waals surface area contributed by atoms with E-state index in [9.17, 15) is 13.2 Å². The summed E-state index contributed by atoms with van der Waals surface area (Å²) in [5, 5.41) is 2.96. The number of carbonyl (C=O) groups excluding carboxylic acids is 1. The predicted molar refractivity (Wildman–Crippen MR) is 101 cm³/mol. The second kappa shape index (κ2) is 7.70. The number of carbonyl (C=O) groups is 1. The zero-order chi connectivity index (χ0) is 18.6. The Morgan fingerprint density at radius 1 is 1.04 bits per heavy atom. The summed E-state index contributed by atoms with van der Waals surface area (Å²) in [6, 6.07) is 12.4. The molecule has 0 heterocycles. The van der Waals surface area contributed by atoms with Crippen molar-refractivity contribution >= 4 is 21.6 Å². The lowest BCUT2D eigenvalue weighted by atomic mass is 10.0. The topological polar surface area (TPSA) is 75.3 Å². The van der Waals surface area contributed by atoms with Crippen LogP contribution in [0.15, 0.2) is 42.5 Å². The molecule has 0 fully saturated rings. The Morgan fingerprint density at radius 3 is 2.24 bits per heavy atom. The van der Waals surface area contributed by atoms with Crippen LogP contribution in [0.4, 0.5) is 5.69 Å². The van der Waals surface area contributed by atoms with Crippen LogP contribution in [0.3, 0.4) is 0 Å². The molecule has 6 heteroatoms. The van der Waals surface area contributed by atoms with Gasteiger partial charge in [-0.25, -0.2) is 8.42 Å². The number of aryl methyl sites for hydroxylation is 2. The minimum atomic E-state index is -3.32. The highest BCUT2D eigenvalue weighted by Crippen LogP contribution is 2.18. The van der Waals surface area contributed by atoms with E-state index in [0.717, 1.165) is 5.56 Å². The Bertz CT molecular complexity index is 859. The zero-order valence-corrected chi connectivity index (χ0v) is 15.8. The standard InChI is InChI=1S/C19H24N2O3S/c1-5-25(23,24)21-18-10-8-16(9-11-18)19(22)20-15(4)17-7-6-13(2)14(3)12-17/h6-12,15,21H,5H2,1-4H3,(H,20,22)/t15-/m1/s1. The van der Waals surface area contributed by atoms with Crippen molar-refractivity contribution in [3.8, 4) is 0 Å². The van der Waals surface area contributed by atoms with Crippen molar-refractivity contribution in [1.29, 1.82) is 0 Å². The Kier molecular flexibility index (Phi) is 5.85. The number of hydrogen-bond acceptors (Lipinski definition) is 3. The maximum absolute atomic E-state index is 12.4. The maximum Gasteiger partial charge on any atom is 0.251 e. The quantitative estimate of drug-likeness (QED) is 0.827. The number of sulfonamides is 1. The fourth-order valence-electron chi connectivity index (χ4n) is 2.34. The van der Waals surface area contributed by atoms with Crippen LogP contribution in [0, 0.1) is 13.8 Å². The van der Waals surface area contributed by atoms with E-state index in [4.69, 9.17) is 0 Å². The molecule has 1 atom stereocenters. The van der Waals surface area contributed by atoms with Crippen LogP contribution in [0.5, 0.6) is 0 Å². The molecule has 1 amide bonds. The molecule has 0 saturated heterocycles. The van der Waals surface area contributed by atoms with Gasteiger partial charge in [0.05, 0.1) is 11.8 Å². The van der Waals surface area contributed by atoms with Crippen molar-refractivity contribution in [2.45, 2.75) is 33.7 Å². The summed E-state index contributed by atoms with van der Waals surface area (Å²) in [5.41, 5.74) is 4.37. The third-order valence-electron chi connectivity index (χ3n) is 4.18. The van der Waals surface area contributed by atoms with Gasteiger partial charge in [-0.2, -0.15) is 0 Å². The molecule has 5 nitrogen and oxygen atoms in total. The van der Waals surface area contributed by atoms with Crippen molar-refractivity contribution in [2.75, 3.05) is 10.5 Å². The largest absolute Gasteiger partial charge is 0.346 e. The lowest BCUT2D eigenvalue weighted by Crippen LogP contribution is -2.26.